The number of hydrogen-bond donors (Lipinski definition) is 2. The van der Waals surface area contributed by atoms with Crippen LogP contribution in [0.25, 0.3) is 0 Å². The Bertz CT molecular complexity index is 458. The van der Waals surface area contributed by atoms with Crippen molar-refractivity contribution >= 4 is 15.9 Å². The smallest absolute Gasteiger partial charge is 0.404 e. The molecule has 1 aliphatic rings. The van der Waals surface area contributed by atoms with Gasteiger partial charge in [-0.2, -0.15) is 0 Å². The number of amides is 1. The minimum atomic E-state index is -3.10. The van der Waals surface area contributed by atoms with Crippen LogP contribution in [0.3, 0.4) is 0 Å². The highest BCUT2D eigenvalue weighted by Crippen LogP contribution is 2.41. The zero-order valence-corrected chi connectivity index (χ0v) is 13.4. The van der Waals surface area contributed by atoms with Crippen molar-refractivity contribution in [3.63, 3.8) is 0 Å². The van der Waals surface area contributed by atoms with E-state index in [0.717, 1.165) is 0 Å². The lowest BCUT2D eigenvalue weighted by Crippen LogP contribution is -2.55. The second-order valence-electron chi connectivity index (χ2n) is 6.82. The molecule has 1 saturated carbocycles. The maximum Gasteiger partial charge on any atom is 0.404 e. The van der Waals surface area contributed by atoms with Gasteiger partial charge >= 0.3 is 6.09 Å². The van der Waals surface area contributed by atoms with Crippen LogP contribution in [0.1, 0.15) is 46.5 Å². The standard InChI is InChI=1S/C13H25NO5S/c1-12(2,3)10(19-11(14)15)13(16)7-5-9(6-8-13)20(4,17)18/h9-10,16H,5-8H2,1-4H3,(H2,14,15). The SMILES string of the molecule is CC(C)(C)C(OC(N)=O)C1(O)CCC(S(C)(=O)=O)CC1. The largest absolute Gasteiger partial charge is 0.443 e. The minimum Gasteiger partial charge on any atom is -0.443 e. The predicted octanol–water partition coefficient (Wildman–Crippen LogP) is 1.21. The van der Waals surface area contributed by atoms with Crippen molar-refractivity contribution in [2.45, 2.75) is 63.4 Å². The average Bonchev–Trinajstić information content (AvgIpc) is 2.23. The fraction of sp³-hybridized carbons (Fsp3) is 0.923. The van der Waals surface area contributed by atoms with Crippen LogP contribution < -0.4 is 5.73 Å². The van der Waals surface area contributed by atoms with Crippen molar-refractivity contribution in [1.29, 1.82) is 0 Å². The van der Waals surface area contributed by atoms with E-state index in [1.54, 1.807) is 0 Å². The summed E-state index contributed by atoms with van der Waals surface area (Å²) in [5.74, 6) is 0. The number of primary amides is 1. The fourth-order valence-corrected chi connectivity index (χ4v) is 4.08. The third-order valence-corrected chi connectivity index (χ3v) is 5.59. The summed E-state index contributed by atoms with van der Waals surface area (Å²) in [6.45, 7) is 5.55. The van der Waals surface area contributed by atoms with Crippen molar-refractivity contribution in [2.24, 2.45) is 11.1 Å². The van der Waals surface area contributed by atoms with Crippen LogP contribution in [0.15, 0.2) is 0 Å². The van der Waals surface area contributed by atoms with E-state index >= 15 is 0 Å². The number of rotatable bonds is 3. The van der Waals surface area contributed by atoms with Crippen LogP contribution in [-0.2, 0) is 14.6 Å². The Hall–Kier alpha value is -0.820. The van der Waals surface area contributed by atoms with Gasteiger partial charge in [0.05, 0.1) is 5.25 Å². The van der Waals surface area contributed by atoms with E-state index in [0.29, 0.717) is 12.8 Å². The Morgan fingerprint density at radius 2 is 1.80 bits per heavy atom. The molecule has 3 N–H and O–H groups in total. The van der Waals surface area contributed by atoms with Crippen molar-refractivity contribution in [2.75, 3.05) is 6.26 Å². The van der Waals surface area contributed by atoms with Gasteiger partial charge in [0.25, 0.3) is 0 Å². The molecular formula is C13H25NO5S. The van der Waals surface area contributed by atoms with Crippen LogP contribution in [0, 0.1) is 5.41 Å². The maximum atomic E-state index is 11.6. The molecule has 1 aliphatic carbocycles. The Morgan fingerprint density at radius 1 is 1.35 bits per heavy atom. The second kappa shape index (κ2) is 5.52. The van der Waals surface area contributed by atoms with Crippen molar-refractivity contribution in [1.82, 2.24) is 0 Å². The molecule has 1 fully saturated rings. The molecule has 0 heterocycles. The van der Waals surface area contributed by atoms with Crippen LogP contribution in [0.5, 0.6) is 0 Å². The first-order valence-corrected chi connectivity index (χ1v) is 8.69. The normalized spacial score (nSPS) is 29.8. The molecular weight excluding hydrogens is 282 g/mol. The molecule has 0 aromatic heterocycles. The lowest BCUT2D eigenvalue weighted by molar-refractivity contribution is -0.137. The summed E-state index contributed by atoms with van der Waals surface area (Å²) in [6.07, 6.45) is 0.813. The molecule has 0 aromatic carbocycles. The zero-order chi connectivity index (χ0) is 15.8. The molecule has 20 heavy (non-hydrogen) atoms. The van der Waals surface area contributed by atoms with Gasteiger partial charge in [0.1, 0.15) is 21.5 Å². The highest BCUT2D eigenvalue weighted by atomic mass is 32.2. The third-order valence-electron chi connectivity index (χ3n) is 3.91. The van der Waals surface area contributed by atoms with Gasteiger partial charge in [0.15, 0.2) is 0 Å². The summed E-state index contributed by atoms with van der Waals surface area (Å²) in [6, 6.07) is 0. The summed E-state index contributed by atoms with van der Waals surface area (Å²) in [4.78, 5) is 11.1. The first-order valence-electron chi connectivity index (χ1n) is 6.73. The number of nitrogens with two attached hydrogens (primary N) is 1. The van der Waals surface area contributed by atoms with Crippen molar-refractivity contribution in [3.05, 3.63) is 0 Å². The second-order valence-corrected chi connectivity index (χ2v) is 9.14. The lowest BCUT2D eigenvalue weighted by Gasteiger charge is -2.45. The van der Waals surface area contributed by atoms with E-state index < -0.39 is 38.3 Å². The third kappa shape index (κ3) is 4.09. The van der Waals surface area contributed by atoms with E-state index in [9.17, 15) is 18.3 Å². The Morgan fingerprint density at radius 3 is 2.10 bits per heavy atom. The molecule has 0 saturated heterocycles. The monoisotopic (exact) mass is 307 g/mol. The highest BCUT2D eigenvalue weighted by Gasteiger charge is 2.49. The fourth-order valence-electron chi connectivity index (χ4n) is 2.99. The molecule has 118 valence electrons. The van der Waals surface area contributed by atoms with Gasteiger partial charge in [-0.15, -0.1) is 0 Å². The summed E-state index contributed by atoms with van der Waals surface area (Å²) in [5, 5.41) is 10.3. The first kappa shape index (κ1) is 17.2. The number of carbonyl (C=O) groups is 1. The summed E-state index contributed by atoms with van der Waals surface area (Å²) < 4.78 is 28.2. The number of sulfone groups is 1. The highest BCUT2D eigenvalue weighted by molar-refractivity contribution is 7.91. The molecule has 0 spiro atoms. The van der Waals surface area contributed by atoms with E-state index in [1.807, 2.05) is 20.8 Å². The summed E-state index contributed by atoms with van der Waals surface area (Å²) >= 11 is 0. The number of carbonyl (C=O) groups excluding carboxylic acids is 1. The molecule has 0 aromatic rings. The average molecular weight is 307 g/mol. The van der Waals surface area contributed by atoms with Gasteiger partial charge in [-0.3, -0.25) is 0 Å². The Labute approximate surface area is 120 Å². The molecule has 6 nitrogen and oxygen atoms in total. The van der Waals surface area contributed by atoms with E-state index in [4.69, 9.17) is 10.5 Å². The van der Waals surface area contributed by atoms with E-state index in [1.165, 1.54) is 6.26 Å². The van der Waals surface area contributed by atoms with E-state index in [2.05, 4.69) is 0 Å². The van der Waals surface area contributed by atoms with Gasteiger partial charge < -0.3 is 15.6 Å². The molecule has 0 radical (unpaired) electrons. The molecule has 7 heteroatoms. The van der Waals surface area contributed by atoms with Crippen LogP contribution >= 0.6 is 0 Å². The molecule has 1 atom stereocenters. The van der Waals surface area contributed by atoms with E-state index in [-0.39, 0.29) is 12.8 Å². The Balaban J connectivity index is 2.90. The molecule has 0 bridgehead atoms. The van der Waals surface area contributed by atoms with Gasteiger partial charge in [-0.25, -0.2) is 13.2 Å². The van der Waals surface area contributed by atoms with Crippen molar-refractivity contribution in [3.8, 4) is 0 Å². The predicted molar refractivity (Wildman–Crippen MR) is 76.0 cm³/mol. The zero-order valence-electron chi connectivity index (χ0n) is 12.5. The van der Waals surface area contributed by atoms with Crippen molar-refractivity contribution < 1.29 is 23.1 Å². The summed E-state index contributed by atoms with van der Waals surface area (Å²) in [7, 11) is -3.10. The van der Waals surface area contributed by atoms with Crippen LogP contribution in [0.4, 0.5) is 4.79 Å². The van der Waals surface area contributed by atoms with Gasteiger partial charge in [0.2, 0.25) is 0 Å². The summed E-state index contributed by atoms with van der Waals surface area (Å²) in [5.41, 5.74) is 3.37. The maximum absolute atomic E-state index is 11.6. The van der Waals surface area contributed by atoms with Crippen LogP contribution in [-0.4, -0.2) is 42.8 Å². The number of ether oxygens (including phenoxy) is 1. The van der Waals surface area contributed by atoms with Gasteiger partial charge in [-0.05, 0) is 25.7 Å². The lowest BCUT2D eigenvalue weighted by atomic mass is 9.71. The molecule has 1 amide bonds. The molecule has 1 unspecified atom stereocenters. The topological polar surface area (TPSA) is 107 Å². The minimum absolute atomic E-state index is 0.278. The number of hydrogen-bond acceptors (Lipinski definition) is 5. The quantitative estimate of drug-likeness (QED) is 0.815. The Kier molecular flexibility index (Phi) is 4.76. The molecule has 1 rings (SSSR count). The van der Waals surface area contributed by atoms with Gasteiger partial charge in [0, 0.05) is 11.7 Å². The van der Waals surface area contributed by atoms with Gasteiger partial charge in [-0.1, -0.05) is 20.8 Å². The molecule has 0 aliphatic heterocycles. The van der Waals surface area contributed by atoms with Crippen LogP contribution in [0.2, 0.25) is 0 Å². The first-order chi connectivity index (χ1) is 8.86. The number of aliphatic hydroxyl groups is 1.